The van der Waals surface area contributed by atoms with Crippen molar-refractivity contribution < 1.29 is 70.3 Å². The summed E-state index contributed by atoms with van der Waals surface area (Å²) >= 11 is 0. The minimum Gasteiger partial charge on any atom is -0.469 e. The molecule has 1 aliphatic rings. The molecule has 0 aromatic heterocycles. The van der Waals surface area contributed by atoms with E-state index in [1.807, 2.05) is 0 Å². The Labute approximate surface area is 173 Å². The summed E-state index contributed by atoms with van der Waals surface area (Å²) < 4.78 is 105. The highest BCUT2D eigenvalue weighted by Gasteiger charge is 2.52. The molecular formula is C8H15B3O16S3. The fourth-order valence-electron chi connectivity index (χ4n) is 1.64. The molecule has 0 bridgehead atoms. The lowest BCUT2D eigenvalue weighted by atomic mass is 9.98. The van der Waals surface area contributed by atoms with Crippen LogP contribution < -0.4 is 0 Å². The van der Waals surface area contributed by atoms with E-state index in [1.165, 1.54) is 0 Å². The van der Waals surface area contributed by atoms with Gasteiger partial charge in [0.25, 0.3) is 30.4 Å². The van der Waals surface area contributed by atoms with Crippen LogP contribution in [0.1, 0.15) is 6.42 Å². The quantitative estimate of drug-likeness (QED) is 0.211. The predicted octanol–water partition coefficient (Wildman–Crippen LogP) is -3.59. The van der Waals surface area contributed by atoms with Crippen LogP contribution >= 0.6 is 0 Å². The second kappa shape index (κ2) is 10.4. The van der Waals surface area contributed by atoms with Gasteiger partial charge in [0, 0.05) is 0 Å². The molecule has 1 saturated heterocycles. The third-order valence-corrected chi connectivity index (χ3v) is 5.27. The zero-order valence-corrected chi connectivity index (χ0v) is 18.2. The SMILES string of the molecule is COC(=O)CC(C(=O)OC)S(=O)(=O)OB1OB(OS(C)(=O)=O)OB(OS(C)(=O)=O)O1. The van der Waals surface area contributed by atoms with Crippen molar-refractivity contribution in [1.82, 2.24) is 0 Å². The maximum Gasteiger partial charge on any atom is 0.630 e. The van der Waals surface area contributed by atoms with Crippen LogP contribution in [0.3, 0.4) is 0 Å². The fraction of sp³-hybridized carbons (Fsp3) is 0.750. The summed E-state index contributed by atoms with van der Waals surface area (Å²) in [4.78, 5) is 23.1. The third-order valence-electron chi connectivity index (χ3n) is 2.78. The summed E-state index contributed by atoms with van der Waals surface area (Å²) in [5.41, 5.74) is 0. The van der Waals surface area contributed by atoms with Crippen molar-refractivity contribution in [1.29, 1.82) is 0 Å². The smallest absolute Gasteiger partial charge is 0.469 e. The topological polar surface area (TPSA) is 210 Å². The predicted molar refractivity (Wildman–Crippen MR) is 94.8 cm³/mol. The van der Waals surface area contributed by atoms with E-state index in [2.05, 4.69) is 35.5 Å². The van der Waals surface area contributed by atoms with Crippen molar-refractivity contribution in [2.45, 2.75) is 11.7 Å². The van der Waals surface area contributed by atoms with Crippen molar-refractivity contribution in [3.8, 4) is 0 Å². The van der Waals surface area contributed by atoms with Crippen molar-refractivity contribution in [3.63, 3.8) is 0 Å². The summed E-state index contributed by atoms with van der Waals surface area (Å²) in [6.45, 7) is 0. The van der Waals surface area contributed by atoms with E-state index in [-0.39, 0.29) is 0 Å². The summed E-state index contributed by atoms with van der Waals surface area (Å²) in [6.07, 6.45) is 0.108. The maximum atomic E-state index is 12.4. The average Bonchev–Trinajstić information content (AvgIpc) is 2.54. The summed E-state index contributed by atoms with van der Waals surface area (Å²) in [5.74, 6) is -2.54. The molecule has 1 heterocycles. The molecule has 0 radical (unpaired) electrons. The Morgan fingerprint density at radius 1 is 0.767 bits per heavy atom. The number of methoxy groups -OCH3 is 2. The third kappa shape index (κ3) is 9.26. The maximum absolute atomic E-state index is 12.4. The molecule has 1 rings (SSSR count). The molecule has 1 unspecified atom stereocenters. The summed E-state index contributed by atoms with van der Waals surface area (Å²) in [7, 11) is -18.8. The van der Waals surface area contributed by atoms with Gasteiger partial charge < -0.3 is 23.2 Å². The van der Waals surface area contributed by atoms with Crippen molar-refractivity contribution in [3.05, 3.63) is 0 Å². The van der Waals surface area contributed by atoms with Gasteiger partial charge in [-0.1, -0.05) is 0 Å². The first-order valence-electron chi connectivity index (χ1n) is 7.36. The first-order valence-corrected chi connectivity index (χ1v) is 12.5. The highest BCUT2D eigenvalue weighted by Crippen LogP contribution is 2.19. The lowest BCUT2D eigenvalue weighted by Crippen LogP contribution is -2.55. The summed E-state index contributed by atoms with van der Waals surface area (Å²) in [5, 5.41) is -2.24. The molecule has 0 saturated carbocycles. The molecule has 0 aromatic carbocycles. The highest BCUT2D eigenvalue weighted by molar-refractivity contribution is 7.89. The van der Waals surface area contributed by atoms with Crippen LogP contribution in [0.15, 0.2) is 0 Å². The minimum absolute atomic E-state index is 0.567. The molecule has 30 heavy (non-hydrogen) atoms. The van der Waals surface area contributed by atoms with E-state index in [9.17, 15) is 34.8 Å². The van der Waals surface area contributed by atoms with Gasteiger partial charge in [0.15, 0.2) is 5.25 Å². The molecule has 22 heteroatoms. The van der Waals surface area contributed by atoms with Gasteiger partial charge in [-0.2, -0.15) is 8.42 Å². The molecule has 0 spiro atoms. The second-order valence-electron chi connectivity index (χ2n) is 5.26. The van der Waals surface area contributed by atoms with Gasteiger partial charge >= 0.3 is 33.9 Å². The minimum atomic E-state index is -5.06. The molecule has 0 amide bonds. The molecule has 170 valence electrons. The second-order valence-corrected chi connectivity index (χ2v) is 10.2. The zero-order valence-electron chi connectivity index (χ0n) is 15.8. The van der Waals surface area contributed by atoms with Gasteiger partial charge in [-0.15, -0.1) is 0 Å². The van der Waals surface area contributed by atoms with Crippen LogP contribution in [0.4, 0.5) is 0 Å². The van der Waals surface area contributed by atoms with E-state index in [1.54, 1.807) is 0 Å². The molecular weight excluding hydrogens is 481 g/mol. The van der Waals surface area contributed by atoms with Gasteiger partial charge in [-0.25, -0.2) is 16.8 Å². The molecule has 1 fully saturated rings. The number of esters is 2. The van der Waals surface area contributed by atoms with Gasteiger partial charge in [0.2, 0.25) is 0 Å². The summed E-state index contributed by atoms with van der Waals surface area (Å²) in [6, 6.07) is 0. The monoisotopic (exact) mass is 496 g/mol. The van der Waals surface area contributed by atoms with E-state index >= 15 is 0 Å². The molecule has 0 aromatic rings. The lowest BCUT2D eigenvalue weighted by molar-refractivity contribution is -0.146. The van der Waals surface area contributed by atoms with Crippen molar-refractivity contribution >= 4 is 64.3 Å². The van der Waals surface area contributed by atoms with Crippen LogP contribution in [-0.2, 0) is 75.4 Å². The average molecular weight is 496 g/mol. The number of hydrogen-bond acceptors (Lipinski definition) is 16. The number of rotatable bonds is 10. The molecule has 1 aliphatic heterocycles. The first kappa shape index (κ1) is 26.8. The van der Waals surface area contributed by atoms with Crippen LogP contribution in [-0.4, -0.2) is 91.1 Å². The lowest BCUT2D eigenvalue weighted by Gasteiger charge is -2.27. The van der Waals surface area contributed by atoms with Crippen LogP contribution in [0, 0.1) is 0 Å². The Morgan fingerprint density at radius 2 is 1.17 bits per heavy atom. The molecule has 1 atom stereocenters. The standard InChI is InChI=1S/C8H15B3O16S3/c1-20-7(12)5-6(8(13)21-2)30(18,19)27-11-23-9(25-28(3,14)15)22-10(24-11)26-29(4,16)17/h6H,5H2,1-4H3. The largest absolute Gasteiger partial charge is 0.630 e. The van der Waals surface area contributed by atoms with E-state index < -0.39 is 75.9 Å². The normalized spacial score (nSPS) is 16.9. The molecule has 0 aliphatic carbocycles. The number of hydrogen-bond donors (Lipinski definition) is 0. The Hall–Kier alpha value is -1.26. The van der Waals surface area contributed by atoms with Crippen molar-refractivity contribution in [2.24, 2.45) is 0 Å². The van der Waals surface area contributed by atoms with Crippen molar-refractivity contribution in [2.75, 3.05) is 26.7 Å². The van der Waals surface area contributed by atoms with Gasteiger partial charge in [-0.05, 0) is 0 Å². The van der Waals surface area contributed by atoms with E-state index in [0.717, 1.165) is 14.2 Å². The number of carbonyl (C=O) groups is 2. The fourth-order valence-corrected chi connectivity index (χ4v) is 3.50. The van der Waals surface area contributed by atoms with Gasteiger partial charge in [0.05, 0.1) is 33.2 Å². The Kier molecular flexibility index (Phi) is 9.26. The van der Waals surface area contributed by atoms with E-state index in [0.29, 0.717) is 12.5 Å². The van der Waals surface area contributed by atoms with Gasteiger partial charge in [-0.3, -0.25) is 21.9 Å². The Bertz CT molecular complexity index is 902. The zero-order chi connectivity index (χ0) is 23.3. The van der Waals surface area contributed by atoms with Crippen LogP contribution in [0.2, 0.25) is 0 Å². The number of carbonyl (C=O) groups excluding carboxylic acids is 2. The Morgan fingerprint density at radius 3 is 1.50 bits per heavy atom. The van der Waals surface area contributed by atoms with Gasteiger partial charge in [0.1, 0.15) is 0 Å². The first-order chi connectivity index (χ1) is 13.6. The number of ether oxygens (including phenoxy) is 2. The van der Waals surface area contributed by atoms with Crippen LogP contribution in [0.25, 0.3) is 0 Å². The van der Waals surface area contributed by atoms with E-state index in [4.69, 9.17) is 0 Å². The molecule has 16 nitrogen and oxygen atoms in total. The highest BCUT2D eigenvalue weighted by atomic mass is 32.2. The molecule has 0 N–H and O–H groups in total. The van der Waals surface area contributed by atoms with Crippen LogP contribution in [0.5, 0.6) is 0 Å². The Balaban J connectivity index is 3.11.